The Hall–Kier alpha value is -0.160. The fourth-order valence-electron chi connectivity index (χ4n) is 1.28. The second-order valence-corrected chi connectivity index (χ2v) is 4.69. The van der Waals surface area contributed by atoms with Crippen LogP contribution in [0.1, 0.15) is 20.3 Å². The molecular weight excluding hydrogens is 206 g/mol. The Labute approximate surface area is 99.6 Å². The zero-order chi connectivity index (χ0) is 12.3. The van der Waals surface area contributed by atoms with Crippen molar-refractivity contribution in [3.63, 3.8) is 0 Å². The first-order chi connectivity index (χ1) is 7.62. The summed E-state index contributed by atoms with van der Waals surface area (Å²) in [4.78, 5) is 0. The molecule has 0 aromatic carbocycles. The second-order valence-electron chi connectivity index (χ2n) is 4.69. The Morgan fingerprint density at radius 1 is 0.938 bits per heavy atom. The Balaban J connectivity index is 3.29. The molecule has 0 aliphatic rings. The lowest BCUT2D eigenvalue weighted by Crippen LogP contribution is -2.32. The molecule has 4 nitrogen and oxygen atoms in total. The molecule has 0 aliphatic heterocycles. The minimum Gasteiger partial charge on any atom is -0.385 e. The second kappa shape index (κ2) is 10.0. The molecule has 0 rings (SSSR count). The molecule has 98 valence electrons. The van der Waals surface area contributed by atoms with Crippen LogP contribution >= 0.6 is 0 Å². The quantitative estimate of drug-likeness (QED) is 0.546. The molecule has 0 unspecified atom stereocenters. The molecule has 0 saturated carbocycles. The van der Waals surface area contributed by atoms with Crippen molar-refractivity contribution in [2.24, 2.45) is 5.41 Å². The van der Waals surface area contributed by atoms with Crippen molar-refractivity contribution >= 4 is 0 Å². The van der Waals surface area contributed by atoms with Gasteiger partial charge in [0.05, 0.1) is 19.8 Å². The van der Waals surface area contributed by atoms with Gasteiger partial charge in [0.1, 0.15) is 0 Å². The Morgan fingerprint density at radius 3 is 2.25 bits per heavy atom. The Morgan fingerprint density at radius 2 is 1.62 bits per heavy atom. The van der Waals surface area contributed by atoms with Gasteiger partial charge in [-0.2, -0.15) is 0 Å². The zero-order valence-corrected chi connectivity index (χ0v) is 11.2. The maximum absolute atomic E-state index is 5.36. The molecule has 0 saturated heterocycles. The average Bonchev–Trinajstić information content (AvgIpc) is 2.25. The van der Waals surface area contributed by atoms with Crippen molar-refractivity contribution in [3.8, 4) is 0 Å². The van der Waals surface area contributed by atoms with Crippen molar-refractivity contribution in [1.29, 1.82) is 0 Å². The highest BCUT2D eigenvalue weighted by atomic mass is 16.5. The Kier molecular flexibility index (Phi) is 9.92. The summed E-state index contributed by atoms with van der Waals surface area (Å²) >= 11 is 0. The lowest BCUT2D eigenvalue weighted by Gasteiger charge is -2.24. The highest BCUT2D eigenvalue weighted by Crippen LogP contribution is 2.18. The molecule has 0 aromatic heterocycles. The van der Waals surface area contributed by atoms with E-state index in [-0.39, 0.29) is 5.41 Å². The zero-order valence-electron chi connectivity index (χ0n) is 11.2. The standard InChI is InChI=1S/C12H27NO3/c1-12(2,5-7-14-3)11-13-6-8-16-10-9-15-4/h13H,5-11H2,1-4H3. The molecular formula is C12H27NO3. The normalized spacial score (nSPS) is 12.0. The van der Waals surface area contributed by atoms with Gasteiger partial charge >= 0.3 is 0 Å². The molecule has 16 heavy (non-hydrogen) atoms. The summed E-state index contributed by atoms with van der Waals surface area (Å²) in [6.07, 6.45) is 1.07. The lowest BCUT2D eigenvalue weighted by atomic mass is 9.90. The third-order valence-corrected chi connectivity index (χ3v) is 2.44. The molecule has 0 radical (unpaired) electrons. The first-order valence-corrected chi connectivity index (χ1v) is 5.89. The summed E-state index contributed by atoms with van der Waals surface area (Å²) in [6.45, 7) is 9.26. The van der Waals surface area contributed by atoms with Gasteiger partial charge < -0.3 is 19.5 Å². The summed E-state index contributed by atoms with van der Waals surface area (Å²) in [5, 5.41) is 3.39. The van der Waals surface area contributed by atoms with Gasteiger partial charge in [0, 0.05) is 33.9 Å². The SMILES string of the molecule is COCCOCCNCC(C)(C)CCOC. The summed E-state index contributed by atoms with van der Waals surface area (Å²) in [6, 6.07) is 0. The highest BCUT2D eigenvalue weighted by Gasteiger charge is 2.16. The summed E-state index contributed by atoms with van der Waals surface area (Å²) < 4.78 is 15.3. The molecule has 0 bridgehead atoms. The minimum absolute atomic E-state index is 0.280. The van der Waals surface area contributed by atoms with E-state index < -0.39 is 0 Å². The number of hydrogen-bond acceptors (Lipinski definition) is 4. The van der Waals surface area contributed by atoms with Crippen LogP contribution in [0.4, 0.5) is 0 Å². The first kappa shape index (κ1) is 15.8. The van der Waals surface area contributed by atoms with Gasteiger partial charge in [0.25, 0.3) is 0 Å². The van der Waals surface area contributed by atoms with E-state index in [1.807, 2.05) is 0 Å². The van der Waals surface area contributed by atoms with Crippen LogP contribution in [0.25, 0.3) is 0 Å². The lowest BCUT2D eigenvalue weighted by molar-refractivity contribution is 0.0706. The van der Waals surface area contributed by atoms with Gasteiger partial charge in [-0.25, -0.2) is 0 Å². The maximum atomic E-state index is 5.36. The van der Waals surface area contributed by atoms with E-state index in [2.05, 4.69) is 19.2 Å². The summed E-state index contributed by atoms with van der Waals surface area (Å²) in [5.74, 6) is 0. The van der Waals surface area contributed by atoms with Crippen molar-refractivity contribution in [1.82, 2.24) is 5.32 Å². The molecule has 0 amide bonds. The molecule has 0 atom stereocenters. The summed E-state index contributed by atoms with van der Waals surface area (Å²) in [7, 11) is 3.42. The van der Waals surface area contributed by atoms with E-state index >= 15 is 0 Å². The van der Waals surface area contributed by atoms with Crippen molar-refractivity contribution in [2.45, 2.75) is 20.3 Å². The van der Waals surface area contributed by atoms with Gasteiger partial charge in [0.2, 0.25) is 0 Å². The van der Waals surface area contributed by atoms with Gasteiger partial charge in [0.15, 0.2) is 0 Å². The molecule has 0 heterocycles. The average molecular weight is 233 g/mol. The van der Waals surface area contributed by atoms with E-state index in [0.717, 1.165) is 32.7 Å². The highest BCUT2D eigenvalue weighted by molar-refractivity contribution is 4.71. The number of ether oxygens (including phenoxy) is 3. The van der Waals surface area contributed by atoms with Crippen LogP contribution in [0.3, 0.4) is 0 Å². The van der Waals surface area contributed by atoms with Crippen LogP contribution in [-0.2, 0) is 14.2 Å². The largest absolute Gasteiger partial charge is 0.385 e. The fourth-order valence-corrected chi connectivity index (χ4v) is 1.28. The molecule has 0 fully saturated rings. The maximum Gasteiger partial charge on any atom is 0.0700 e. The van der Waals surface area contributed by atoms with E-state index in [4.69, 9.17) is 14.2 Å². The first-order valence-electron chi connectivity index (χ1n) is 5.89. The van der Waals surface area contributed by atoms with Crippen LogP contribution in [0.15, 0.2) is 0 Å². The van der Waals surface area contributed by atoms with E-state index in [9.17, 15) is 0 Å². The van der Waals surface area contributed by atoms with Crippen LogP contribution in [-0.4, -0.2) is 53.7 Å². The van der Waals surface area contributed by atoms with Crippen molar-refractivity contribution in [3.05, 3.63) is 0 Å². The van der Waals surface area contributed by atoms with Gasteiger partial charge in [-0.3, -0.25) is 0 Å². The van der Waals surface area contributed by atoms with Gasteiger partial charge in [-0.15, -0.1) is 0 Å². The van der Waals surface area contributed by atoms with Crippen molar-refractivity contribution in [2.75, 3.05) is 53.7 Å². The number of rotatable bonds is 11. The van der Waals surface area contributed by atoms with Gasteiger partial charge in [-0.05, 0) is 11.8 Å². The van der Waals surface area contributed by atoms with Crippen LogP contribution < -0.4 is 5.32 Å². The summed E-state index contributed by atoms with van der Waals surface area (Å²) in [5.41, 5.74) is 0.280. The molecule has 0 aliphatic carbocycles. The third kappa shape index (κ3) is 10.4. The van der Waals surface area contributed by atoms with Crippen LogP contribution in [0, 0.1) is 5.41 Å². The van der Waals surface area contributed by atoms with Crippen molar-refractivity contribution < 1.29 is 14.2 Å². The van der Waals surface area contributed by atoms with E-state index in [0.29, 0.717) is 13.2 Å². The number of methoxy groups -OCH3 is 2. The number of nitrogens with one attached hydrogen (secondary N) is 1. The van der Waals surface area contributed by atoms with E-state index in [1.54, 1.807) is 14.2 Å². The molecule has 4 heteroatoms. The van der Waals surface area contributed by atoms with E-state index in [1.165, 1.54) is 0 Å². The fraction of sp³-hybridized carbons (Fsp3) is 1.00. The monoisotopic (exact) mass is 233 g/mol. The van der Waals surface area contributed by atoms with Crippen LogP contribution in [0.2, 0.25) is 0 Å². The predicted molar refractivity (Wildman–Crippen MR) is 65.8 cm³/mol. The van der Waals surface area contributed by atoms with Crippen LogP contribution in [0.5, 0.6) is 0 Å². The third-order valence-electron chi connectivity index (χ3n) is 2.44. The topological polar surface area (TPSA) is 39.7 Å². The number of hydrogen-bond donors (Lipinski definition) is 1. The smallest absolute Gasteiger partial charge is 0.0700 e. The molecule has 0 aromatic rings. The molecule has 0 spiro atoms. The molecule has 1 N–H and O–H groups in total. The predicted octanol–water partition coefficient (Wildman–Crippen LogP) is 1.30. The minimum atomic E-state index is 0.280. The van der Waals surface area contributed by atoms with Gasteiger partial charge in [-0.1, -0.05) is 13.8 Å². The Bertz CT molecular complexity index is 151.